The zero-order chi connectivity index (χ0) is 15.4. The fourth-order valence-electron chi connectivity index (χ4n) is 2.39. The van der Waals surface area contributed by atoms with Crippen LogP contribution in [0.4, 0.5) is 5.69 Å². The van der Waals surface area contributed by atoms with Gasteiger partial charge in [-0.25, -0.2) is 0 Å². The van der Waals surface area contributed by atoms with E-state index in [2.05, 4.69) is 5.32 Å². The molecular weight excluding hydrogens is 274 g/mol. The maximum atomic E-state index is 11.9. The van der Waals surface area contributed by atoms with Crippen molar-refractivity contribution in [3.8, 4) is 0 Å². The minimum atomic E-state index is -0.409. The fraction of sp³-hybridized carbons (Fsp3) is 0.429. The number of likely N-dealkylation sites (N-methyl/N-ethyl adjacent to an activating group) is 1. The molecule has 0 spiro atoms. The van der Waals surface area contributed by atoms with Crippen molar-refractivity contribution in [2.45, 2.75) is 25.3 Å². The second-order valence-corrected chi connectivity index (χ2v) is 4.97. The van der Waals surface area contributed by atoms with Crippen LogP contribution in [0.25, 0.3) is 0 Å². The molecule has 2 rings (SSSR count). The number of amides is 2. The third kappa shape index (κ3) is 3.43. The van der Waals surface area contributed by atoms with Gasteiger partial charge in [0.15, 0.2) is 0 Å². The first-order valence-corrected chi connectivity index (χ1v) is 6.77. The number of carbonyl (C=O) groups is 2. The van der Waals surface area contributed by atoms with Gasteiger partial charge in [0.2, 0.25) is 11.8 Å². The Balaban J connectivity index is 1.92. The maximum Gasteiger partial charge on any atom is 0.272 e. The van der Waals surface area contributed by atoms with Crippen molar-refractivity contribution in [3.05, 3.63) is 39.9 Å². The van der Waals surface area contributed by atoms with Gasteiger partial charge in [0, 0.05) is 31.6 Å². The number of nitro groups is 1. The number of likely N-dealkylation sites (tertiary alicyclic amines) is 1. The van der Waals surface area contributed by atoms with Crippen molar-refractivity contribution in [1.82, 2.24) is 10.2 Å². The van der Waals surface area contributed by atoms with Gasteiger partial charge in [-0.3, -0.25) is 24.6 Å². The Morgan fingerprint density at radius 2 is 2.10 bits per heavy atom. The summed E-state index contributed by atoms with van der Waals surface area (Å²) in [5.74, 6) is -0.412. The summed E-state index contributed by atoms with van der Waals surface area (Å²) >= 11 is 0. The molecule has 21 heavy (non-hydrogen) atoms. The molecule has 1 aromatic rings. The number of imide groups is 1. The van der Waals surface area contributed by atoms with Gasteiger partial charge in [-0.15, -0.1) is 0 Å². The van der Waals surface area contributed by atoms with Crippen LogP contribution in [0.5, 0.6) is 0 Å². The van der Waals surface area contributed by atoms with Gasteiger partial charge in [0.25, 0.3) is 5.69 Å². The quantitative estimate of drug-likeness (QED) is 0.494. The van der Waals surface area contributed by atoms with E-state index in [0.717, 1.165) is 4.90 Å². The topological polar surface area (TPSA) is 92.6 Å². The second-order valence-electron chi connectivity index (χ2n) is 4.97. The Labute approximate surface area is 122 Å². The van der Waals surface area contributed by atoms with Gasteiger partial charge in [0.1, 0.15) is 0 Å². The highest BCUT2D eigenvalue weighted by Gasteiger charge is 2.31. The number of para-hydroxylation sites is 1. The van der Waals surface area contributed by atoms with Crippen LogP contribution in [-0.4, -0.2) is 41.3 Å². The SMILES string of the molecule is CN1C(=O)CCC(NCCc2ccccc2[N+](=O)[O-])C1=O. The highest BCUT2D eigenvalue weighted by Crippen LogP contribution is 2.18. The summed E-state index contributed by atoms with van der Waals surface area (Å²) in [5, 5.41) is 14.0. The zero-order valence-corrected chi connectivity index (χ0v) is 11.7. The van der Waals surface area contributed by atoms with Crippen LogP contribution < -0.4 is 5.32 Å². The van der Waals surface area contributed by atoms with Crippen LogP contribution in [0.15, 0.2) is 24.3 Å². The molecule has 0 radical (unpaired) electrons. The molecular formula is C14H17N3O4. The van der Waals surface area contributed by atoms with Crippen LogP contribution in [0, 0.1) is 10.1 Å². The smallest absolute Gasteiger partial charge is 0.272 e. The molecule has 112 valence electrons. The van der Waals surface area contributed by atoms with Gasteiger partial charge in [-0.1, -0.05) is 18.2 Å². The van der Waals surface area contributed by atoms with Crippen molar-refractivity contribution in [2.75, 3.05) is 13.6 Å². The van der Waals surface area contributed by atoms with E-state index in [1.807, 2.05) is 0 Å². The predicted molar refractivity (Wildman–Crippen MR) is 75.6 cm³/mol. The lowest BCUT2D eigenvalue weighted by Gasteiger charge is -2.28. The molecule has 1 aromatic carbocycles. The Kier molecular flexibility index (Phi) is 4.64. The van der Waals surface area contributed by atoms with E-state index in [4.69, 9.17) is 0 Å². The van der Waals surface area contributed by atoms with Crippen LogP contribution >= 0.6 is 0 Å². The molecule has 0 bridgehead atoms. The first kappa shape index (κ1) is 15.1. The molecule has 1 heterocycles. The van der Waals surface area contributed by atoms with Gasteiger partial charge < -0.3 is 5.32 Å². The first-order chi connectivity index (χ1) is 10.0. The molecule has 1 aliphatic heterocycles. The average molecular weight is 291 g/mol. The Bertz CT molecular complexity index is 573. The molecule has 0 aliphatic carbocycles. The highest BCUT2D eigenvalue weighted by atomic mass is 16.6. The molecule has 1 aliphatic rings. The van der Waals surface area contributed by atoms with E-state index in [1.165, 1.54) is 13.1 Å². The van der Waals surface area contributed by atoms with E-state index in [-0.39, 0.29) is 17.5 Å². The van der Waals surface area contributed by atoms with Crippen molar-refractivity contribution in [2.24, 2.45) is 0 Å². The van der Waals surface area contributed by atoms with Crippen molar-refractivity contribution < 1.29 is 14.5 Å². The molecule has 1 unspecified atom stereocenters. The summed E-state index contributed by atoms with van der Waals surface area (Å²) < 4.78 is 0. The number of benzene rings is 1. The number of hydrogen-bond donors (Lipinski definition) is 1. The monoisotopic (exact) mass is 291 g/mol. The summed E-state index contributed by atoms with van der Waals surface area (Å²) in [6.45, 7) is 0.448. The third-order valence-electron chi connectivity index (χ3n) is 3.62. The summed E-state index contributed by atoms with van der Waals surface area (Å²) in [6.07, 6.45) is 1.27. The Morgan fingerprint density at radius 3 is 2.81 bits per heavy atom. The number of rotatable bonds is 5. The molecule has 2 amide bonds. The highest BCUT2D eigenvalue weighted by molar-refractivity contribution is 6.00. The van der Waals surface area contributed by atoms with Gasteiger partial charge >= 0.3 is 0 Å². The lowest BCUT2D eigenvalue weighted by Crippen LogP contribution is -2.51. The molecule has 1 saturated heterocycles. The third-order valence-corrected chi connectivity index (χ3v) is 3.62. The summed E-state index contributed by atoms with van der Waals surface area (Å²) in [5.41, 5.74) is 0.712. The lowest BCUT2D eigenvalue weighted by atomic mass is 10.0. The summed E-state index contributed by atoms with van der Waals surface area (Å²) in [4.78, 5) is 34.9. The molecule has 1 atom stereocenters. The van der Waals surface area contributed by atoms with Gasteiger partial charge in [0.05, 0.1) is 11.0 Å². The molecule has 0 saturated carbocycles. The predicted octanol–water partition coefficient (Wildman–Crippen LogP) is 0.874. The number of hydrogen-bond acceptors (Lipinski definition) is 5. The minimum Gasteiger partial charge on any atom is -0.306 e. The molecule has 7 nitrogen and oxygen atoms in total. The number of nitro benzene ring substituents is 1. The molecule has 0 aromatic heterocycles. The molecule has 7 heteroatoms. The summed E-state index contributed by atoms with van der Waals surface area (Å²) in [6, 6.07) is 6.16. The largest absolute Gasteiger partial charge is 0.306 e. The van der Waals surface area contributed by atoms with E-state index in [9.17, 15) is 19.7 Å². The Hall–Kier alpha value is -2.28. The Morgan fingerprint density at radius 1 is 1.38 bits per heavy atom. The van der Waals surface area contributed by atoms with Crippen molar-refractivity contribution in [1.29, 1.82) is 0 Å². The number of nitrogens with zero attached hydrogens (tertiary/aromatic N) is 2. The van der Waals surface area contributed by atoms with Crippen LogP contribution in [-0.2, 0) is 16.0 Å². The summed E-state index contributed by atoms with van der Waals surface area (Å²) in [7, 11) is 1.47. The van der Waals surface area contributed by atoms with E-state index in [0.29, 0.717) is 31.4 Å². The fourth-order valence-corrected chi connectivity index (χ4v) is 2.39. The molecule has 1 N–H and O–H groups in total. The second kappa shape index (κ2) is 6.45. The lowest BCUT2D eigenvalue weighted by molar-refractivity contribution is -0.385. The van der Waals surface area contributed by atoms with E-state index in [1.54, 1.807) is 18.2 Å². The van der Waals surface area contributed by atoms with Crippen molar-refractivity contribution >= 4 is 17.5 Å². The molecule has 1 fully saturated rings. The van der Waals surface area contributed by atoms with Crippen LogP contribution in [0.3, 0.4) is 0 Å². The van der Waals surface area contributed by atoms with Gasteiger partial charge in [-0.2, -0.15) is 0 Å². The average Bonchev–Trinajstić information content (AvgIpc) is 2.47. The van der Waals surface area contributed by atoms with Crippen LogP contribution in [0.1, 0.15) is 18.4 Å². The minimum absolute atomic E-state index is 0.0848. The van der Waals surface area contributed by atoms with E-state index < -0.39 is 11.0 Å². The van der Waals surface area contributed by atoms with Gasteiger partial charge in [-0.05, 0) is 12.8 Å². The van der Waals surface area contributed by atoms with Crippen LogP contribution in [0.2, 0.25) is 0 Å². The maximum absolute atomic E-state index is 11.9. The number of nitrogens with one attached hydrogen (secondary N) is 1. The van der Waals surface area contributed by atoms with Crippen molar-refractivity contribution in [3.63, 3.8) is 0 Å². The number of carbonyl (C=O) groups excluding carboxylic acids is 2. The normalized spacial score (nSPS) is 18.9. The first-order valence-electron chi connectivity index (χ1n) is 6.77. The standard InChI is InChI=1S/C14H17N3O4/c1-16-13(18)7-6-11(14(16)19)15-9-8-10-4-2-3-5-12(10)17(20)21/h2-5,11,15H,6-9H2,1H3. The van der Waals surface area contributed by atoms with E-state index >= 15 is 0 Å². The number of piperidine rings is 1. The zero-order valence-electron chi connectivity index (χ0n) is 11.7.